The highest BCUT2D eigenvalue weighted by Crippen LogP contribution is 2.22. The van der Waals surface area contributed by atoms with Crippen LogP contribution in [0.25, 0.3) is 0 Å². The monoisotopic (exact) mass is 417 g/mol. The molecule has 1 aromatic heterocycles. The van der Waals surface area contributed by atoms with E-state index in [1.165, 1.54) is 0 Å². The normalized spacial score (nSPS) is 16.8. The quantitative estimate of drug-likeness (QED) is 0.578. The molecule has 158 valence electrons. The van der Waals surface area contributed by atoms with Crippen molar-refractivity contribution in [3.63, 3.8) is 0 Å². The standard InChI is InChI=1S/C23H23N5O3/c1-27-15-14-24-21(27)20(16-8-4-2-5-9-16)26-19(29)13-12-18-22(30)28(23(31)25-18)17-10-6-3-7-11-17/h2-11,14-15,18,20H,12-13H2,1H3,(H,25,31)(H,26,29)/t18-,20+/m1/s1. The van der Waals surface area contributed by atoms with Crippen LogP contribution in [0.5, 0.6) is 0 Å². The Labute approximate surface area is 179 Å². The van der Waals surface area contributed by atoms with E-state index >= 15 is 0 Å². The predicted molar refractivity (Wildman–Crippen MR) is 115 cm³/mol. The van der Waals surface area contributed by atoms with Gasteiger partial charge in [0.05, 0.1) is 5.69 Å². The number of hydrogen-bond acceptors (Lipinski definition) is 4. The zero-order valence-corrected chi connectivity index (χ0v) is 17.1. The van der Waals surface area contributed by atoms with Gasteiger partial charge in [0.15, 0.2) is 0 Å². The molecule has 1 aliphatic rings. The van der Waals surface area contributed by atoms with E-state index in [1.807, 2.05) is 54.2 Å². The molecule has 0 aliphatic carbocycles. The van der Waals surface area contributed by atoms with E-state index in [1.54, 1.807) is 30.5 Å². The number of nitrogens with one attached hydrogen (secondary N) is 2. The number of para-hydroxylation sites is 1. The van der Waals surface area contributed by atoms with Crippen molar-refractivity contribution in [2.45, 2.75) is 24.9 Å². The highest BCUT2D eigenvalue weighted by atomic mass is 16.2. The third-order valence-electron chi connectivity index (χ3n) is 5.25. The molecule has 4 amide bonds. The second-order valence-corrected chi connectivity index (χ2v) is 7.36. The first kappa shape index (κ1) is 20.3. The molecule has 1 saturated heterocycles. The second-order valence-electron chi connectivity index (χ2n) is 7.36. The molecule has 3 aromatic rings. The number of imide groups is 1. The lowest BCUT2D eigenvalue weighted by Gasteiger charge is -2.19. The first-order chi connectivity index (χ1) is 15.0. The lowest BCUT2D eigenvalue weighted by Crippen LogP contribution is -2.34. The molecule has 0 radical (unpaired) electrons. The lowest BCUT2D eigenvalue weighted by atomic mass is 10.1. The number of benzene rings is 2. The summed E-state index contributed by atoms with van der Waals surface area (Å²) in [5.74, 6) is 0.129. The van der Waals surface area contributed by atoms with Crippen molar-refractivity contribution in [3.8, 4) is 0 Å². The maximum Gasteiger partial charge on any atom is 0.329 e. The fraction of sp³-hybridized carbons (Fsp3) is 0.217. The molecule has 2 aromatic carbocycles. The lowest BCUT2D eigenvalue weighted by molar-refractivity contribution is -0.122. The fourth-order valence-corrected chi connectivity index (χ4v) is 3.65. The van der Waals surface area contributed by atoms with Gasteiger partial charge in [0.25, 0.3) is 5.91 Å². The summed E-state index contributed by atoms with van der Waals surface area (Å²) in [6.07, 6.45) is 3.81. The largest absolute Gasteiger partial charge is 0.342 e. The maximum absolute atomic E-state index is 12.7. The number of aryl methyl sites for hydroxylation is 1. The van der Waals surface area contributed by atoms with Crippen molar-refractivity contribution in [2.75, 3.05) is 4.90 Å². The third kappa shape index (κ3) is 4.32. The molecule has 1 aliphatic heterocycles. The molecule has 0 saturated carbocycles. The highest BCUT2D eigenvalue weighted by molar-refractivity contribution is 6.21. The van der Waals surface area contributed by atoms with E-state index in [0.29, 0.717) is 11.5 Å². The Kier molecular flexibility index (Phi) is 5.79. The fourth-order valence-electron chi connectivity index (χ4n) is 3.65. The topological polar surface area (TPSA) is 96.3 Å². The minimum atomic E-state index is -0.734. The minimum Gasteiger partial charge on any atom is -0.342 e. The van der Waals surface area contributed by atoms with Crippen LogP contribution in [0.4, 0.5) is 10.5 Å². The van der Waals surface area contributed by atoms with Crippen LogP contribution in [0.15, 0.2) is 73.1 Å². The zero-order chi connectivity index (χ0) is 21.8. The number of amides is 4. The Morgan fingerprint density at radius 1 is 1.10 bits per heavy atom. The van der Waals surface area contributed by atoms with Crippen LogP contribution in [-0.4, -0.2) is 33.4 Å². The first-order valence-corrected chi connectivity index (χ1v) is 10.1. The second kappa shape index (κ2) is 8.83. The average molecular weight is 417 g/mol. The Morgan fingerprint density at radius 2 is 1.77 bits per heavy atom. The average Bonchev–Trinajstić information content (AvgIpc) is 3.33. The van der Waals surface area contributed by atoms with E-state index < -0.39 is 18.1 Å². The Morgan fingerprint density at radius 3 is 2.42 bits per heavy atom. The molecule has 2 heterocycles. The summed E-state index contributed by atoms with van der Waals surface area (Å²) in [4.78, 5) is 43.2. The molecular formula is C23H23N5O3. The van der Waals surface area contributed by atoms with Crippen LogP contribution in [0.1, 0.15) is 30.3 Å². The van der Waals surface area contributed by atoms with Crippen molar-refractivity contribution in [3.05, 3.63) is 84.4 Å². The molecule has 0 bridgehead atoms. The van der Waals surface area contributed by atoms with Gasteiger partial charge in [-0.25, -0.2) is 14.7 Å². The van der Waals surface area contributed by atoms with Gasteiger partial charge in [-0.2, -0.15) is 0 Å². The molecule has 8 nitrogen and oxygen atoms in total. The third-order valence-corrected chi connectivity index (χ3v) is 5.25. The number of imidazole rings is 1. The molecule has 0 spiro atoms. The molecule has 8 heteroatoms. The Bertz CT molecular complexity index is 1080. The number of nitrogens with zero attached hydrogens (tertiary/aromatic N) is 3. The first-order valence-electron chi connectivity index (χ1n) is 10.1. The van der Waals surface area contributed by atoms with E-state index in [-0.39, 0.29) is 24.7 Å². The molecule has 0 unspecified atom stereocenters. The van der Waals surface area contributed by atoms with Gasteiger partial charge in [0.2, 0.25) is 5.91 Å². The Balaban J connectivity index is 1.42. The van der Waals surface area contributed by atoms with Gasteiger partial charge >= 0.3 is 6.03 Å². The molecule has 1 fully saturated rings. The summed E-state index contributed by atoms with van der Waals surface area (Å²) in [7, 11) is 1.87. The van der Waals surface area contributed by atoms with E-state index in [4.69, 9.17) is 0 Å². The number of rotatable bonds is 7. The molecule has 2 atom stereocenters. The van der Waals surface area contributed by atoms with Crippen molar-refractivity contribution in [1.82, 2.24) is 20.2 Å². The van der Waals surface area contributed by atoms with Gasteiger partial charge in [-0.3, -0.25) is 9.59 Å². The summed E-state index contributed by atoms with van der Waals surface area (Å²) in [5.41, 5.74) is 1.42. The van der Waals surface area contributed by atoms with Crippen molar-refractivity contribution < 1.29 is 14.4 Å². The smallest absolute Gasteiger partial charge is 0.329 e. The maximum atomic E-state index is 12.7. The van der Waals surface area contributed by atoms with Gasteiger partial charge < -0.3 is 15.2 Å². The minimum absolute atomic E-state index is 0.0903. The number of anilines is 1. The van der Waals surface area contributed by atoms with Crippen LogP contribution in [0.3, 0.4) is 0 Å². The summed E-state index contributed by atoms with van der Waals surface area (Å²) in [5, 5.41) is 5.68. The van der Waals surface area contributed by atoms with Gasteiger partial charge in [0.1, 0.15) is 17.9 Å². The molecule has 4 rings (SSSR count). The molecule has 31 heavy (non-hydrogen) atoms. The van der Waals surface area contributed by atoms with Gasteiger partial charge in [-0.05, 0) is 24.1 Å². The van der Waals surface area contributed by atoms with Crippen LogP contribution in [-0.2, 0) is 16.6 Å². The number of hydrogen-bond donors (Lipinski definition) is 2. The van der Waals surface area contributed by atoms with E-state index in [0.717, 1.165) is 10.5 Å². The highest BCUT2D eigenvalue weighted by Gasteiger charge is 2.39. The van der Waals surface area contributed by atoms with Crippen molar-refractivity contribution in [1.29, 1.82) is 0 Å². The van der Waals surface area contributed by atoms with E-state index in [2.05, 4.69) is 15.6 Å². The SMILES string of the molecule is Cn1ccnc1[C@@H](NC(=O)CC[C@H]1NC(=O)N(c2ccccc2)C1=O)c1ccccc1. The van der Waals surface area contributed by atoms with Crippen LogP contribution in [0, 0.1) is 0 Å². The van der Waals surface area contributed by atoms with Crippen molar-refractivity contribution in [2.24, 2.45) is 7.05 Å². The summed E-state index contributed by atoms with van der Waals surface area (Å²) < 4.78 is 1.86. The van der Waals surface area contributed by atoms with Crippen LogP contribution >= 0.6 is 0 Å². The van der Waals surface area contributed by atoms with E-state index in [9.17, 15) is 14.4 Å². The summed E-state index contributed by atoms with van der Waals surface area (Å²) >= 11 is 0. The number of aromatic nitrogens is 2. The number of urea groups is 1. The summed E-state index contributed by atoms with van der Waals surface area (Å²) in [6.45, 7) is 0. The Hall–Kier alpha value is -3.94. The van der Waals surface area contributed by atoms with Crippen molar-refractivity contribution >= 4 is 23.5 Å². The van der Waals surface area contributed by atoms with Gasteiger partial charge in [-0.15, -0.1) is 0 Å². The van der Waals surface area contributed by atoms with Crippen LogP contribution < -0.4 is 15.5 Å². The summed E-state index contributed by atoms with van der Waals surface area (Å²) in [6, 6.07) is 16.7. The van der Waals surface area contributed by atoms with Gasteiger partial charge in [-0.1, -0.05) is 48.5 Å². The van der Waals surface area contributed by atoms with Gasteiger partial charge in [0, 0.05) is 25.9 Å². The van der Waals surface area contributed by atoms with Crippen LogP contribution in [0.2, 0.25) is 0 Å². The zero-order valence-electron chi connectivity index (χ0n) is 17.1. The predicted octanol–water partition coefficient (Wildman–Crippen LogP) is 2.53. The number of carbonyl (C=O) groups is 3. The molecular weight excluding hydrogens is 394 g/mol. The molecule has 2 N–H and O–H groups in total. The number of carbonyl (C=O) groups excluding carboxylic acids is 3.